The first-order valence-corrected chi connectivity index (χ1v) is 5.77. The van der Waals surface area contributed by atoms with Gasteiger partial charge in [0, 0.05) is 0 Å². The van der Waals surface area contributed by atoms with Crippen LogP contribution in [0.15, 0.2) is 42.5 Å². The molecule has 0 heterocycles. The second-order valence-corrected chi connectivity index (χ2v) is 4.29. The van der Waals surface area contributed by atoms with Gasteiger partial charge in [0.1, 0.15) is 11.5 Å². The molecule has 0 atom stereocenters. The predicted molar refractivity (Wildman–Crippen MR) is 72.3 cm³/mol. The third kappa shape index (κ3) is 2.91. The van der Waals surface area contributed by atoms with Gasteiger partial charge in [0.25, 0.3) is 0 Å². The average Bonchev–Trinajstić information content (AvgIpc) is 2.34. The lowest BCUT2D eigenvalue weighted by molar-refractivity contribution is 0.425. The highest BCUT2D eigenvalue weighted by molar-refractivity contribution is 6.58. The third-order valence-corrected chi connectivity index (χ3v) is 2.89. The molecule has 0 fully saturated rings. The lowest BCUT2D eigenvalue weighted by Crippen LogP contribution is -2.29. The van der Waals surface area contributed by atoms with Crippen LogP contribution in [0.2, 0.25) is 0 Å². The van der Waals surface area contributed by atoms with E-state index in [1.165, 1.54) is 11.1 Å². The molecule has 0 unspecified atom stereocenters. The van der Waals surface area contributed by atoms with Crippen LogP contribution in [-0.2, 0) is 0 Å². The SMILES string of the molecule is Cc1ccc(Oc2ccc(B(O)O)cc2)cc1C. The van der Waals surface area contributed by atoms with Crippen LogP contribution in [0.3, 0.4) is 0 Å². The summed E-state index contributed by atoms with van der Waals surface area (Å²) < 4.78 is 5.69. The van der Waals surface area contributed by atoms with Gasteiger partial charge >= 0.3 is 7.12 Å². The maximum absolute atomic E-state index is 8.99. The van der Waals surface area contributed by atoms with Gasteiger partial charge < -0.3 is 14.8 Å². The van der Waals surface area contributed by atoms with Gasteiger partial charge in [-0.3, -0.25) is 0 Å². The van der Waals surface area contributed by atoms with Crippen LogP contribution in [0.5, 0.6) is 11.5 Å². The molecule has 2 N–H and O–H groups in total. The molecule has 0 radical (unpaired) electrons. The second kappa shape index (κ2) is 5.25. The van der Waals surface area contributed by atoms with E-state index in [9.17, 15) is 0 Å². The fourth-order valence-corrected chi connectivity index (χ4v) is 1.62. The normalized spacial score (nSPS) is 10.2. The van der Waals surface area contributed by atoms with Crippen LogP contribution in [0.1, 0.15) is 11.1 Å². The molecular formula is C14H15BO3. The van der Waals surface area contributed by atoms with Gasteiger partial charge in [-0.05, 0) is 54.7 Å². The van der Waals surface area contributed by atoms with E-state index in [1.54, 1.807) is 24.3 Å². The minimum absolute atomic E-state index is 0.447. The van der Waals surface area contributed by atoms with E-state index in [1.807, 2.05) is 25.1 Å². The maximum Gasteiger partial charge on any atom is 0.488 e. The van der Waals surface area contributed by atoms with Crippen molar-refractivity contribution in [3.63, 3.8) is 0 Å². The molecule has 0 aliphatic rings. The predicted octanol–water partition coefficient (Wildman–Crippen LogP) is 1.78. The van der Waals surface area contributed by atoms with Gasteiger partial charge in [0.15, 0.2) is 0 Å². The Labute approximate surface area is 107 Å². The molecule has 2 rings (SSSR count). The van der Waals surface area contributed by atoms with Gasteiger partial charge in [-0.25, -0.2) is 0 Å². The molecule has 0 saturated heterocycles. The Balaban J connectivity index is 2.15. The molecular weight excluding hydrogens is 227 g/mol. The molecule has 2 aromatic rings. The van der Waals surface area contributed by atoms with Crippen LogP contribution in [-0.4, -0.2) is 17.2 Å². The van der Waals surface area contributed by atoms with Crippen LogP contribution in [0.25, 0.3) is 0 Å². The quantitative estimate of drug-likeness (QED) is 0.806. The molecule has 18 heavy (non-hydrogen) atoms. The smallest absolute Gasteiger partial charge is 0.457 e. The Morgan fingerprint density at radius 3 is 2.00 bits per heavy atom. The molecule has 0 aromatic heterocycles. The van der Waals surface area contributed by atoms with Crippen LogP contribution >= 0.6 is 0 Å². The summed E-state index contributed by atoms with van der Waals surface area (Å²) in [5.74, 6) is 1.44. The van der Waals surface area contributed by atoms with Gasteiger partial charge in [0.2, 0.25) is 0 Å². The van der Waals surface area contributed by atoms with Gasteiger partial charge in [-0.15, -0.1) is 0 Å². The van der Waals surface area contributed by atoms with Crippen molar-refractivity contribution in [2.75, 3.05) is 0 Å². The van der Waals surface area contributed by atoms with Crippen molar-refractivity contribution in [3.05, 3.63) is 53.6 Å². The topological polar surface area (TPSA) is 49.7 Å². The number of rotatable bonds is 3. The Morgan fingerprint density at radius 2 is 1.44 bits per heavy atom. The molecule has 0 aliphatic heterocycles. The van der Waals surface area contributed by atoms with Crippen molar-refractivity contribution >= 4 is 12.6 Å². The van der Waals surface area contributed by atoms with Crippen molar-refractivity contribution in [1.82, 2.24) is 0 Å². The van der Waals surface area contributed by atoms with E-state index in [4.69, 9.17) is 14.8 Å². The van der Waals surface area contributed by atoms with E-state index in [0.29, 0.717) is 11.2 Å². The third-order valence-electron chi connectivity index (χ3n) is 2.89. The summed E-state index contributed by atoms with van der Waals surface area (Å²) in [6, 6.07) is 12.6. The number of benzene rings is 2. The minimum atomic E-state index is -1.44. The van der Waals surface area contributed by atoms with E-state index in [2.05, 4.69) is 6.92 Å². The van der Waals surface area contributed by atoms with Gasteiger partial charge in [0.05, 0.1) is 0 Å². The van der Waals surface area contributed by atoms with Crippen molar-refractivity contribution < 1.29 is 14.8 Å². The zero-order valence-corrected chi connectivity index (χ0v) is 10.4. The molecule has 3 nitrogen and oxygen atoms in total. The van der Waals surface area contributed by atoms with Crippen molar-refractivity contribution in [1.29, 1.82) is 0 Å². The summed E-state index contributed by atoms with van der Waals surface area (Å²) in [5.41, 5.74) is 2.85. The minimum Gasteiger partial charge on any atom is -0.457 e. The fraction of sp³-hybridized carbons (Fsp3) is 0.143. The van der Waals surface area contributed by atoms with E-state index < -0.39 is 7.12 Å². The summed E-state index contributed by atoms with van der Waals surface area (Å²) in [7, 11) is -1.44. The van der Waals surface area contributed by atoms with Crippen molar-refractivity contribution in [2.24, 2.45) is 0 Å². The van der Waals surface area contributed by atoms with E-state index >= 15 is 0 Å². The zero-order valence-electron chi connectivity index (χ0n) is 10.4. The molecule has 0 saturated carbocycles. The number of aryl methyl sites for hydroxylation is 2. The van der Waals surface area contributed by atoms with Crippen LogP contribution < -0.4 is 10.2 Å². The summed E-state index contributed by atoms with van der Waals surface area (Å²) in [5, 5.41) is 18.0. The van der Waals surface area contributed by atoms with Crippen LogP contribution in [0, 0.1) is 13.8 Å². The Kier molecular flexibility index (Phi) is 3.70. The molecule has 0 aliphatic carbocycles. The first kappa shape index (κ1) is 12.7. The largest absolute Gasteiger partial charge is 0.488 e. The molecule has 0 spiro atoms. The van der Waals surface area contributed by atoms with Gasteiger partial charge in [-0.2, -0.15) is 0 Å². The van der Waals surface area contributed by atoms with Crippen LogP contribution in [0.4, 0.5) is 0 Å². The Bertz CT molecular complexity index is 535. The Morgan fingerprint density at radius 1 is 0.833 bits per heavy atom. The first-order chi connectivity index (χ1) is 8.56. The summed E-state index contributed by atoms with van der Waals surface area (Å²) in [6.45, 7) is 4.09. The lowest BCUT2D eigenvalue weighted by Gasteiger charge is -2.08. The van der Waals surface area contributed by atoms with E-state index in [0.717, 1.165) is 5.75 Å². The Hall–Kier alpha value is -1.78. The second-order valence-electron chi connectivity index (χ2n) is 4.29. The maximum atomic E-state index is 8.99. The highest BCUT2D eigenvalue weighted by atomic mass is 16.5. The highest BCUT2D eigenvalue weighted by Gasteiger charge is 2.10. The zero-order chi connectivity index (χ0) is 13.1. The standard InChI is InChI=1S/C14H15BO3/c1-10-3-6-14(9-11(10)2)18-13-7-4-12(5-8-13)15(16)17/h3-9,16-17H,1-2H3. The number of hydrogen-bond donors (Lipinski definition) is 2. The summed E-state index contributed by atoms with van der Waals surface area (Å²) >= 11 is 0. The molecule has 92 valence electrons. The van der Waals surface area contributed by atoms with Crippen molar-refractivity contribution in [3.8, 4) is 11.5 Å². The molecule has 0 amide bonds. The monoisotopic (exact) mass is 242 g/mol. The molecule has 4 heteroatoms. The first-order valence-electron chi connectivity index (χ1n) is 5.77. The van der Waals surface area contributed by atoms with E-state index in [-0.39, 0.29) is 0 Å². The average molecular weight is 242 g/mol. The number of ether oxygens (including phenoxy) is 1. The van der Waals surface area contributed by atoms with Crippen molar-refractivity contribution in [2.45, 2.75) is 13.8 Å². The highest BCUT2D eigenvalue weighted by Crippen LogP contribution is 2.22. The van der Waals surface area contributed by atoms with Gasteiger partial charge in [-0.1, -0.05) is 18.2 Å². The molecule has 0 bridgehead atoms. The lowest BCUT2D eigenvalue weighted by atomic mass is 9.80. The summed E-state index contributed by atoms with van der Waals surface area (Å²) in [6.07, 6.45) is 0. The number of hydrogen-bond acceptors (Lipinski definition) is 3. The molecule has 2 aromatic carbocycles. The summed E-state index contributed by atoms with van der Waals surface area (Å²) in [4.78, 5) is 0. The fourth-order valence-electron chi connectivity index (χ4n) is 1.62.